The summed E-state index contributed by atoms with van der Waals surface area (Å²) in [5, 5.41) is 2.97. The summed E-state index contributed by atoms with van der Waals surface area (Å²) < 4.78 is 5.58. The number of carbonyl (C=O) groups excluding carboxylic acids is 2. The Morgan fingerprint density at radius 2 is 1.79 bits per heavy atom. The molecule has 0 aliphatic carbocycles. The lowest BCUT2D eigenvalue weighted by Crippen LogP contribution is -2.23. The van der Waals surface area contributed by atoms with Gasteiger partial charge in [-0.2, -0.15) is 0 Å². The molecule has 1 heterocycles. The lowest BCUT2D eigenvalue weighted by Gasteiger charge is -2.25. The third-order valence-corrected chi connectivity index (χ3v) is 5.27. The molecule has 3 aromatic rings. The van der Waals surface area contributed by atoms with Gasteiger partial charge in [-0.3, -0.25) is 4.79 Å². The van der Waals surface area contributed by atoms with E-state index in [9.17, 15) is 9.59 Å². The Balaban J connectivity index is 1.60. The Bertz CT molecular complexity index is 1060. The summed E-state index contributed by atoms with van der Waals surface area (Å²) in [5.41, 5.74) is 5.80. The van der Waals surface area contributed by atoms with E-state index in [0.29, 0.717) is 17.5 Å². The van der Waals surface area contributed by atoms with Crippen LogP contribution in [0, 0.1) is 13.8 Å². The van der Waals surface area contributed by atoms with Crippen molar-refractivity contribution >= 4 is 17.6 Å². The molecule has 0 saturated carbocycles. The number of carbonyl (C=O) groups is 2. The first-order valence-corrected chi connectivity index (χ1v) is 9.29. The Morgan fingerprint density at radius 1 is 1.00 bits per heavy atom. The summed E-state index contributed by atoms with van der Waals surface area (Å²) in [4.78, 5) is 25.2. The number of cyclic esters (lactones) is 1. The van der Waals surface area contributed by atoms with Crippen LogP contribution in [0.25, 0.3) is 0 Å². The number of hydrogen-bond acceptors (Lipinski definition) is 3. The number of hydrogen-bond donors (Lipinski definition) is 1. The van der Waals surface area contributed by atoms with Gasteiger partial charge in [0.25, 0.3) is 5.91 Å². The molecule has 0 bridgehead atoms. The topological polar surface area (TPSA) is 55.4 Å². The van der Waals surface area contributed by atoms with Crippen molar-refractivity contribution in [3.8, 4) is 0 Å². The standard InChI is InChI=1S/C24H21NO3/c1-15-7-6-10-21(16(15)2)25-23(26)18-11-12-20-19(13-18)14-22(28-24(20)27)17-8-4-3-5-9-17/h3-13,22H,14H2,1-2H3,(H,25,26)/t22-/m1/s1. The van der Waals surface area contributed by atoms with Crippen LogP contribution in [0.2, 0.25) is 0 Å². The van der Waals surface area contributed by atoms with Crippen molar-refractivity contribution in [3.05, 3.63) is 100 Å². The third kappa shape index (κ3) is 3.41. The van der Waals surface area contributed by atoms with Gasteiger partial charge in [-0.05, 0) is 60.4 Å². The minimum absolute atomic E-state index is 0.188. The average molecular weight is 371 g/mol. The molecular weight excluding hydrogens is 350 g/mol. The molecule has 140 valence electrons. The Morgan fingerprint density at radius 3 is 2.57 bits per heavy atom. The number of anilines is 1. The molecule has 4 rings (SSSR count). The van der Waals surface area contributed by atoms with E-state index in [1.165, 1.54) is 0 Å². The molecule has 28 heavy (non-hydrogen) atoms. The van der Waals surface area contributed by atoms with Gasteiger partial charge in [0.15, 0.2) is 0 Å². The zero-order valence-electron chi connectivity index (χ0n) is 15.9. The first-order valence-electron chi connectivity index (χ1n) is 9.29. The number of aryl methyl sites for hydroxylation is 1. The van der Waals surface area contributed by atoms with Crippen molar-refractivity contribution < 1.29 is 14.3 Å². The zero-order valence-corrected chi connectivity index (χ0v) is 15.9. The van der Waals surface area contributed by atoms with Crippen LogP contribution in [0.3, 0.4) is 0 Å². The predicted molar refractivity (Wildman–Crippen MR) is 109 cm³/mol. The molecule has 0 spiro atoms. The maximum atomic E-state index is 12.8. The van der Waals surface area contributed by atoms with Gasteiger partial charge in [-0.1, -0.05) is 42.5 Å². The predicted octanol–water partition coefficient (Wildman–Crippen LogP) is 5.01. The number of ether oxygens (including phenoxy) is 1. The normalized spacial score (nSPS) is 15.5. The van der Waals surface area contributed by atoms with E-state index in [0.717, 1.165) is 27.9 Å². The van der Waals surface area contributed by atoms with E-state index in [1.807, 2.05) is 62.4 Å². The van der Waals surface area contributed by atoms with Gasteiger partial charge in [0.1, 0.15) is 6.10 Å². The summed E-state index contributed by atoms with van der Waals surface area (Å²) >= 11 is 0. The van der Waals surface area contributed by atoms with E-state index < -0.39 is 0 Å². The van der Waals surface area contributed by atoms with Crippen LogP contribution in [-0.2, 0) is 11.2 Å². The van der Waals surface area contributed by atoms with Crippen LogP contribution in [-0.4, -0.2) is 11.9 Å². The maximum absolute atomic E-state index is 12.8. The second kappa shape index (κ2) is 7.31. The highest BCUT2D eigenvalue weighted by molar-refractivity contribution is 6.05. The zero-order chi connectivity index (χ0) is 19.7. The maximum Gasteiger partial charge on any atom is 0.339 e. The first-order chi connectivity index (χ1) is 13.5. The minimum atomic E-state index is -0.350. The number of rotatable bonds is 3. The van der Waals surface area contributed by atoms with Crippen molar-refractivity contribution in [1.29, 1.82) is 0 Å². The van der Waals surface area contributed by atoms with Crippen molar-refractivity contribution in [2.45, 2.75) is 26.4 Å². The van der Waals surface area contributed by atoms with Gasteiger partial charge in [-0.25, -0.2) is 4.79 Å². The fourth-order valence-corrected chi connectivity index (χ4v) is 3.47. The molecule has 0 unspecified atom stereocenters. The molecule has 1 amide bonds. The molecule has 4 heteroatoms. The van der Waals surface area contributed by atoms with Crippen LogP contribution < -0.4 is 5.32 Å². The van der Waals surface area contributed by atoms with Crippen molar-refractivity contribution in [1.82, 2.24) is 0 Å². The number of benzene rings is 3. The molecule has 3 aromatic carbocycles. The second-order valence-electron chi connectivity index (χ2n) is 7.08. The minimum Gasteiger partial charge on any atom is -0.454 e. The molecule has 1 N–H and O–H groups in total. The van der Waals surface area contributed by atoms with Crippen LogP contribution in [0.15, 0.2) is 66.7 Å². The largest absolute Gasteiger partial charge is 0.454 e. The van der Waals surface area contributed by atoms with Gasteiger partial charge >= 0.3 is 5.97 Å². The van der Waals surface area contributed by atoms with Crippen molar-refractivity contribution in [3.63, 3.8) is 0 Å². The molecule has 0 aromatic heterocycles. The van der Waals surface area contributed by atoms with E-state index in [1.54, 1.807) is 18.2 Å². The van der Waals surface area contributed by atoms with E-state index in [4.69, 9.17) is 4.74 Å². The number of nitrogens with one attached hydrogen (secondary N) is 1. The van der Waals surface area contributed by atoms with Gasteiger partial charge in [0.05, 0.1) is 5.56 Å². The molecule has 0 saturated heterocycles. The SMILES string of the molecule is Cc1cccc(NC(=O)c2ccc3c(c2)C[C@H](c2ccccc2)OC3=O)c1C. The summed E-state index contributed by atoms with van der Waals surface area (Å²) in [5.74, 6) is -0.539. The average Bonchev–Trinajstić information content (AvgIpc) is 2.71. The van der Waals surface area contributed by atoms with Crippen LogP contribution in [0.4, 0.5) is 5.69 Å². The fraction of sp³-hybridized carbons (Fsp3) is 0.167. The third-order valence-electron chi connectivity index (χ3n) is 5.27. The highest BCUT2D eigenvalue weighted by atomic mass is 16.5. The number of amides is 1. The summed E-state index contributed by atoms with van der Waals surface area (Å²) in [6, 6.07) is 20.6. The van der Waals surface area contributed by atoms with Gasteiger partial charge in [0, 0.05) is 17.7 Å². The highest BCUT2D eigenvalue weighted by Gasteiger charge is 2.28. The van der Waals surface area contributed by atoms with E-state index in [-0.39, 0.29) is 18.0 Å². The Kier molecular flexibility index (Phi) is 4.70. The smallest absolute Gasteiger partial charge is 0.339 e. The lowest BCUT2D eigenvalue weighted by atomic mass is 9.93. The Labute approximate surface area is 164 Å². The summed E-state index contributed by atoms with van der Waals surface area (Å²) in [7, 11) is 0. The molecule has 0 fully saturated rings. The van der Waals surface area contributed by atoms with Crippen LogP contribution >= 0.6 is 0 Å². The molecule has 0 radical (unpaired) electrons. The fourth-order valence-electron chi connectivity index (χ4n) is 3.47. The lowest BCUT2D eigenvalue weighted by molar-refractivity contribution is 0.0252. The van der Waals surface area contributed by atoms with Gasteiger partial charge in [0.2, 0.25) is 0 Å². The molecular formula is C24H21NO3. The molecule has 4 nitrogen and oxygen atoms in total. The number of esters is 1. The van der Waals surface area contributed by atoms with Gasteiger partial charge in [-0.15, -0.1) is 0 Å². The number of fused-ring (bicyclic) bond motifs is 1. The van der Waals surface area contributed by atoms with E-state index in [2.05, 4.69) is 5.32 Å². The Hall–Kier alpha value is -3.40. The first kappa shape index (κ1) is 18.0. The quantitative estimate of drug-likeness (QED) is 0.659. The summed E-state index contributed by atoms with van der Waals surface area (Å²) in [6.07, 6.45) is 0.217. The van der Waals surface area contributed by atoms with E-state index >= 15 is 0 Å². The second-order valence-corrected chi connectivity index (χ2v) is 7.08. The van der Waals surface area contributed by atoms with Crippen molar-refractivity contribution in [2.24, 2.45) is 0 Å². The van der Waals surface area contributed by atoms with Crippen molar-refractivity contribution in [2.75, 3.05) is 5.32 Å². The summed E-state index contributed by atoms with van der Waals surface area (Å²) in [6.45, 7) is 4.00. The highest BCUT2D eigenvalue weighted by Crippen LogP contribution is 2.31. The molecule has 1 aliphatic rings. The van der Waals surface area contributed by atoms with Crippen LogP contribution in [0.1, 0.15) is 49.1 Å². The molecule has 1 atom stereocenters. The van der Waals surface area contributed by atoms with Gasteiger partial charge < -0.3 is 10.1 Å². The van der Waals surface area contributed by atoms with Crippen LogP contribution in [0.5, 0.6) is 0 Å². The molecule has 1 aliphatic heterocycles. The monoisotopic (exact) mass is 371 g/mol.